The molecule has 0 bridgehead atoms. The predicted octanol–water partition coefficient (Wildman–Crippen LogP) is 2.66. The minimum absolute atomic E-state index is 0.117. The summed E-state index contributed by atoms with van der Waals surface area (Å²) >= 11 is 0. The van der Waals surface area contributed by atoms with Crippen LogP contribution in [0.25, 0.3) is 0 Å². The van der Waals surface area contributed by atoms with Crippen molar-refractivity contribution in [2.75, 3.05) is 13.1 Å². The number of amides is 1. The van der Waals surface area contributed by atoms with E-state index in [4.69, 9.17) is 0 Å². The van der Waals surface area contributed by atoms with Crippen LogP contribution in [-0.4, -0.2) is 29.9 Å². The quantitative estimate of drug-likeness (QED) is 0.902. The van der Waals surface area contributed by atoms with Crippen LogP contribution in [0.1, 0.15) is 43.9 Å². The van der Waals surface area contributed by atoms with Gasteiger partial charge in [0.1, 0.15) is 0 Å². The van der Waals surface area contributed by atoms with Crippen LogP contribution >= 0.6 is 0 Å². The summed E-state index contributed by atoms with van der Waals surface area (Å²) in [7, 11) is 0. The Morgan fingerprint density at radius 1 is 1.26 bits per heavy atom. The Kier molecular flexibility index (Phi) is 4.59. The summed E-state index contributed by atoms with van der Waals surface area (Å²) in [5.74, 6) is 0.233. The summed E-state index contributed by atoms with van der Waals surface area (Å²) in [6, 6.07) is 8.52. The van der Waals surface area contributed by atoms with Crippen LogP contribution in [-0.2, 0) is 4.79 Å². The lowest BCUT2D eigenvalue weighted by Gasteiger charge is -2.24. The molecule has 1 aromatic carbocycles. The van der Waals surface area contributed by atoms with E-state index in [9.17, 15) is 4.79 Å². The molecular formula is C16H24N2O. The van der Waals surface area contributed by atoms with E-state index in [1.54, 1.807) is 0 Å². The van der Waals surface area contributed by atoms with Gasteiger partial charge in [0.25, 0.3) is 0 Å². The number of likely N-dealkylation sites (tertiary alicyclic amines) is 1. The van der Waals surface area contributed by atoms with E-state index in [0.717, 1.165) is 25.9 Å². The van der Waals surface area contributed by atoms with Crippen molar-refractivity contribution in [3.05, 3.63) is 35.4 Å². The van der Waals surface area contributed by atoms with Crippen molar-refractivity contribution < 1.29 is 4.79 Å². The number of hydrogen-bond donors (Lipinski definition) is 1. The van der Waals surface area contributed by atoms with Crippen LogP contribution in [0.15, 0.2) is 24.3 Å². The Morgan fingerprint density at radius 2 is 1.95 bits per heavy atom. The van der Waals surface area contributed by atoms with Gasteiger partial charge in [0, 0.05) is 19.1 Å². The van der Waals surface area contributed by atoms with Gasteiger partial charge in [-0.2, -0.15) is 0 Å². The van der Waals surface area contributed by atoms with Crippen LogP contribution in [0.3, 0.4) is 0 Å². The second kappa shape index (κ2) is 6.20. The van der Waals surface area contributed by atoms with Crippen LogP contribution < -0.4 is 5.32 Å². The summed E-state index contributed by atoms with van der Waals surface area (Å²) in [5, 5.41) is 3.41. The molecule has 1 saturated heterocycles. The molecule has 1 amide bonds. The number of benzene rings is 1. The van der Waals surface area contributed by atoms with Crippen LogP contribution in [0, 0.1) is 6.92 Å². The topological polar surface area (TPSA) is 32.3 Å². The highest BCUT2D eigenvalue weighted by atomic mass is 16.2. The van der Waals surface area contributed by atoms with Gasteiger partial charge in [0.2, 0.25) is 5.91 Å². The predicted molar refractivity (Wildman–Crippen MR) is 78.0 cm³/mol. The van der Waals surface area contributed by atoms with Crippen LogP contribution in [0.2, 0.25) is 0 Å². The zero-order valence-electron chi connectivity index (χ0n) is 12.1. The Labute approximate surface area is 116 Å². The van der Waals surface area contributed by atoms with Crippen LogP contribution in [0.4, 0.5) is 0 Å². The highest BCUT2D eigenvalue weighted by molar-refractivity contribution is 5.81. The molecule has 2 unspecified atom stereocenters. The molecule has 2 atom stereocenters. The zero-order chi connectivity index (χ0) is 13.8. The molecule has 1 fully saturated rings. The van der Waals surface area contributed by atoms with Crippen molar-refractivity contribution in [2.45, 2.75) is 45.7 Å². The van der Waals surface area contributed by atoms with Gasteiger partial charge in [-0.1, -0.05) is 29.8 Å². The van der Waals surface area contributed by atoms with E-state index < -0.39 is 0 Å². The van der Waals surface area contributed by atoms with Gasteiger partial charge in [-0.05, 0) is 39.2 Å². The van der Waals surface area contributed by atoms with Crippen molar-refractivity contribution in [3.63, 3.8) is 0 Å². The summed E-state index contributed by atoms with van der Waals surface area (Å²) < 4.78 is 0. The Morgan fingerprint density at radius 3 is 2.58 bits per heavy atom. The molecule has 1 heterocycles. The molecule has 1 aromatic rings. The molecule has 2 rings (SSSR count). The van der Waals surface area contributed by atoms with Crippen molar-refractivity contribution in [3.8, 4) is 0 Å². The first-order valence-electron chi connectivity index (χ1n) is 7.19. The van der Waals surface area contributed by atoms with Crippen molar-refractivity contribution in [1.29, 1.82) is 0 Å². The number of nitrogens with one attached hydrogen (secondary N) is 1. The molecule has 1 aliphatic rings. The number of carbonyl (C=O) groups excluding carboxylic acids is 1. The summed E-state index contributed by atoms with van der Waals surface area (Å²) in [6.45, 7) is 8.01. The third-order valence-electron chi connectivity index (χ3n) is 3.83. The maximum Gasteiger partial charge on any atom is 0.239 e. The van der Waals surface area contributed by atoms with E-state index >= 15 is 0 Å². The van der Waals surface area contributed by atoms with Gasteiger partial charge >= 0.3 is 0 Å². The Hall–Kier alpha value is -1.35. The second-order valence-electron chi connectivity index (χ2n) is 5.56. The SMILES string of the molecule is Cc1cccc(C(C)NC(C)C(=O)N2CCCC2)c1. The molecule has 0 saturated carbocycles. The lowest BCUT2D eigenvalue weighted by atomic mass is 10.0. The van der Waals surface area contributed by atoms with E-state index in [0.29, 0.717) is 0 Å². The van der Waals surface area contributed by atoms with Crippen molar-refractivity contribution in [1.82, 2.24) is 10.2 Å². The molecular weight excluding hydrogens is 236 g/mol. The average Bonchev–Trinajstić information content (AvgIpc) is 2.91. The fraction of sp³-hybridized carbons (Fsp3) is 0.562. The number of aryl methyl sites for hydroxylation is 1. The molecule has 1 N–H and O–H groups in total. The largest absolute Gasteiger partial charge is 0.341 e. The first-order valence-corrected chi connectivity index (χ1v) is 7.19. The number of nitrogens with zero attached hydrogens (tertiary/aromatic N) is 1. The van der Waals surface area contributed by atoms with E-state index in [2.05, 4.69) is 43.4 Å². The van der Waals surface area contributed by atoms with Gasteiger partial charge in [-0.15, -0.1) is 0 Å². The third-order valence-corrected chi connectivity index (χ3v) is 3.83. The molecule has 0 radical (unpaired) electrons. The standard InChI is InChI=1S/C16H24N2O/c1-12-7-6-8-15(11-12)13(2)17-14(3)16(19)18-9-4-5-10-18/h6-8,11,13-14,17H,4-5,9-10H2,1-3H3. The second-order valence-corrected chi connectivity index (χ2v) is 5.56. The third kappa shape index (κ3) is 3.57. The maximum absolute atomic E-state index is 12.2. The minimum Gasteiger partial charge on any atom is -0.341 e. The fourth-order valence-electron chi connectivity index (χ4n) is 2.69. The summed E-state index contributed by atoms with van der Waals surface area (Å²) in [4.78, 5) is 14.2. The molecule has 19 heavy (non-hydrogen) atoms. The smallest absolute Gasteiger partial charge is 0.239 e. The monoisotopic (exact) mass is 260 g/mol. The molecule has 1 aliphatic heterocycles. The number of carbonyl (C=O) groups is 1. The van der Waals surface area contributed by atoms with Crippen molar-refractivity contribution >= 4 is 5.91 Å². The maximum atomic E-state index is 12.2. The zero-order valence-corrected chi connectivity index (χ0v) is 12.1. The average molecular weight is 260 g/mol. The Balaban J connectivity index is 1.94. The number of hydrogen-bond acceptors (Lipinski definition) is 2. The lowest BCUT2D eigenvalue weighted by molar-refractivity contribution is -0.132. The van der Waals surface area contributed by atoms with E-state index in [1.165, 1.54) is 11.1 Å². The van der Waals surface area contributed by atoms with Crippen molar-refractivity contribution in [2.24, 2.45) is 0 Å². The normalized spacial score (nSPS) is 18.4. The molecule has 104 valence electrons. The summed E-state index contributed by atoms with van der Waals surface area (Å²) in [6.07, 6.45) is 2.29. The van der Waals surface area contributed by atoms with Gasteiger partial charge in [-0.25, -0.2) is 0 Å². The molecule has 0 aromatic heterocycles. The van der Waals surface area contributed by atoms with E-state index in [-0.39, 0.29) is 18.0 Å². The van der Waals surface area contributed by atoms with Gasteiger partial charge in [-0.3, -0.25) is 10.1 Å². The summed E-state index contributed by atoms with van der Waals surface area (Å²) in [5.41, 5.74) is 2.49. The molecule has 0 aliphatic carbocycles. The highest BCUT2D eigenvalue weighted by Crippen LogP contribution is 2.16. The van der Waals surface area contributed by atoms with Gasteiger partial charge in [0.05, 0.1) is 6.04 Å². The van der Waals surface area contributed by atoms with Crippen LogP contribution in [0.5, 0.6) is 0 Å². The minimum atomic E-state index is -0.117. The number of rotatable bonds is 4. The highest BCUT2D eigenvalue weighted by Gasteiger charge is 2.24. The van der Waals surface area contributed by atoms with E-state index in [1.807, 2.05) is 11.8 Å². The first kappa shape index (κ1) is 14.1. The lowest BCUT2D eigenvalue weighted by Crippen LogP contribution is -2.44. The Bertz CT molecular complexity index is 438. The molecule has 3 heteroatoms. The van der Waals surface area contributed by atoms with Gasteiger partial charge in [0.15, 0.2) is 0 Å². The fourth-order valence-corrected chi connectivity index (χ4v) is 2.69. The molecule has 0 spiro atoms. The first-order chi connectivity index (χ1) is 9.08. The van der Waals surface area contributed by atoms with Gasteiger partial charge < -0.3 is 4.90 Å². The molecule has 3 nitrogen and oxygen atoms in total.